The van der Waals surface area contributed by atoms with Crippen LogP contribution in [0.3, 0.4) is 0 Å². The molecule has 106 valence electrons. The molecule has 0 saturated carbocycles. The van der Waals surface area contributed by atoms with E-state index in [1.54, 1.807) is 18.2 Å². The lowest BCUT2D eigenvalue weighted by atomic mass is 10.2. The first-order chi connectivity index (χ1) is 9.54. The van der Waals surface area contributed by atoms with E-state index in [1.165, 1.54) is 0 Å². The average Bonchev–Trinajstić information content (AvgIpc) is 2.35. The van der Waals surface area contributed by atoms with E-state index >= 15 is 0 Å². The molecular formula is C15H15Cl2NO2. The number of nitrogen functional groups attached to an aromatic ring is 1. The standard InChI is InChI=1S/C15H15Cl2NO2/c1-10-2-3-15(14(18)6-10)20-5-4-19-13-8-11(16)7-12(17)9-13/h2-3,6-9H,4-5,18H2,1H3. The molecular weight excluding hydrogens is 297 g/mol. The van der Waals surface area contributed by atoms with Gasteiger partial charge in [0.2, 0.25) is 0 Å². The first-order valence-corrected chi connectivity index (χ1v) is 6.88. The van der Waals surface area contributed by atoms with Crippen molar-refractivity contribution < 1.29 is 9.47 Å². The number of ether oxygens (including phenoxy) is 2. The van der Waals surface area contributed by atoms with Crippen molar-refractivity contribution >= 4 is 28.9 Å². The predicted octanol–water partition coefficient (Wildman–Crippen LogP) is 4.34. The molecule has 2 aromatic carbocycles. The van der Waals surface area contributed by atoms with Gasteiger partial charge in [0.05, 0.1) is 5.69 Å². The van der Waals surface area contributed by atoms with Crippen molar-refractivity contribution in [2.75, 3.05) is 18.9 Å². The first-order valence-electron chi connectivity index (χ1n) is 6.12. The summed E-state index contributed by atoms with van der Waals surface area (Å²) in [6.45, 7) is 2.74. The Morgan fingerprint density at radius 3 is 2.25 bits per heavy atom. The summed E-state index contributed by atoms with van der Waals surface area (Å²) >= 11 is 11.8. The SMILES string of the molecule is Cc1ccc(OCCOc2cc(Cl)cc(Cl)c2)c(N)c1. The maximum absolute atomic E-state index is 5.88. The number of nitrogens with two attached hydrogens (primary N) is 1. The summed E-state index contributed by atoms with van der Waals surface area (Å²) in [7, 11) is 0. The molecule has 0 fully saturated rings. The van der Waals surface area contributed by atoms with Crippen LogP contribution in [-0.4, -0.2) is 13.2 Å². The van der Waals surface area contributed by atoms with E-state index in [9.17, 15) is 0 Å². The highest BCUT2D eigenvalue weighted by Crippen LogP contribution is 2.24. The van der Waals surface area contributed by atoms with Crippen LogP contribution in [0.4, 0.5) is 5.69 Å². The van der Waals surface area contributed by atoms with Crippen molar-refractivity contribution in [3.05, 3.63) is 52.0 Å². The highest BCUT2D eigenvalue weighted by atomic mass is 35.5. The summed E-state index contributed by atoms with van der Waals surface area (Å²) in [5.41, 5.74) is 7.57. The zero-order valence-electron chi connectivity index (χ0n) is 11.0. The Morgan fingerprint density at radius 2 is 1.60 bits per heavy atom. The molecule has 0 aliphatic heterocycles. The average molecular weight is 312 g/mol. The van der Waals surface area contributed by atoms with Gasteiger partial charge in [-0.3, -0.25) is 0 Å². The minimum absolute atomic E-state index is 0.379. The number of hydrogen-bond acceptors (Lipinski definition) is 3. The fraction of sp³-hybridized carbons (Fsp3) is 0.200. The molecule has 2 aromatic rings. The van der Waals surface area contributed by atoms with Crippen molar-refractivity contribution in [3.8, 4) is 11.5 Å². The fourth-order valence-corrected chi connectivity index (χ4v) is 2.23. The van der Waals surface area contributed by atoms with Crippen LogP contribution in [0.15, 0.2) is 36.4 Å². The predicted molar refractivity (Wildman–Crippen MR) is 83.0 cm³/mol. The van der Waals surface area contributed by atoms with Crippen molar-refractivity contribution in [1.29, 1.82) is 0 Å². The summed E-state index contributed by atoms with van der Waals surface area (Å²) in [4.78, 5) is 0. The van der Waals surface area contributed by atoms with Gasteiger partial charge < -0.3 is 15.2 Å². The summed E-state index contributed by atoms with van der Waals surface area (Å²) in [5, 5.41) is 1.08. The summed E-state index contributed by atoms with van der Waals surface area (Å²) in [6.07, 6.45) is 0. The van der Waals surface area contributed by atoms with Gasteiger partial charge in [-0.2, -0.15) is 0 Å². The zero-order chi connectivity index (χ0) is 14.5. The van der Waals surface area contributed by atoms with E-state index in [-0.39, 0.29) is 0 Å². The normalized spacial score (nSPS) is 10.3. The molecule has 3 nitrogen and oxygen atoms in total. The van der Waals surface area contributed by atoms with Crippen LogP contribution in [0.1, 0.15) is 5.56 Å². The minimum Gasteiger partial charge on any atom is -0.490 e. The van der Waals surface area contributed by atoms with Crippen LogP contribution >= 0.6 is 23.2 Å². The Kier molecular flexibility index (Phi) is 4.99. The van der Waals surface area contributed by atoms with Crippen LogP contribution in [0.25, 0.3) is 0 Å². The molecule has 0 saturated heterocycles. The van der Waals surface area contributed by atoms with Crippen LogP contribution in [0, 0.1) is 6.92 Å². The highest BCUT2D eigenvalue weighted by molar-refractivity contribution is 6.34. The number of benzene rings is 2. The van der Waals surface area contributed by atoms with Crippen LogP contribution in [-0.2, 0) is 0 Å². The second-order valence-electron chi connectivity index (χ2n) is 4.34. The van der Waals surface area contributed by atoms with Crippen molar-refractivity contribution in [1.82, 2.24) is 0 Å². The monoisotopic (exact) mass is 311 g/mol. The van der Waals surface area contributed by atoms with E-state index in [2.05, 4.69) is 0 Å². The van der Waals surface area contributed by atoms with E-state index in [4.69, 9.17) is 38.4 Å². The number of rotatable bonds is 5. The molecule has 2 rings (SSSR count). The quantitative estimate of drug-likeness (QED) is 0.660. The third-order valence-corrected chi connectivity index (χ3v) is 3.05. The molecule has 0 aromatic heterocycles. The largest absolute Gasteiger partial charge is 0.490 e. The Labute approximate surface area is 128 Å². The van der Waals surface area contributed by atoms with Crippen LogP contribution in [0.5, 0.6) is 11.5 Å². The smallest absolute Gasteiger partial charge is 0.142 e. The minimum atomic E-state index is 0.379. The molecule has 0 amide bonds. The van der Waals surface area contributed by atoms with Gasteiger partial charge in [-0.05, 0) is 42.8 Å². The highest BCUT2D eigenvalue weighted by Gasteiger charge is 2.02. The molecule has 0 aliphatic carbocycles. The van der Waals surface area contributed by atoms with Gasteiger partial charge >= 0.3 is 0 Å². The third kappa shape index (κ3) is 4.22. The summed E-state index contributed by atoms with van der Waals surface area (Å²) in [5.74, 6) is 1.27. The molecule has 0 spiro atoms. The zero-order valence-corrected chi connectivity index (χ0v) is 12.5. The van der Waals surface area contributed by atoms with Crippen LogP contribution in [0.2, 0.25) is 10.0 Å². The maximum Gasteiger partial charge on any atom is 0.142 e. The Balaban J connectivity index is 1.84. The number of aryl methyl sites for hydroxylation is 1. The van der Waals surface area contributed by atoms with Crippen molar-refractivity contribution in [2.45, 2.75) is 6.92 Å². The third-order valence-electron chi connectivity index (χ3n) is 2.61. The van der Waals surface area contributed by atoms with E-state index in [1.807, 2.05) is 25.1 Å². The molecule has 5 heteroatoms. The number of halogens is 2. The van der Waals surface area contributed by atoms with Gasteiger partial charge in [0.1, 0.15) is 24.7 Å². The van der Waals surface area contributed by atoms with Gasteiger partial charge in [-0.1, -0.05) is 29.3 Å². The molecule has 0 heterocycles. The molecule has 0 unspecified atom stereocenters. The second-order valence-corrected chi connectivity index (χ2v) is 5.22. The molecule has 20 heavy (non-hydrogen) atoms. The van der Waals surface area contributed by atoms with Crippen molar-refractivity contribution in [2.24, 2.45) is 0 Å². The lowest BCUT2D eigenvalue weighted by Gasteiger charge is -2.11. The van der Waals surface area contributed by atoms with Gasteiger partial charge in [-0.25, -0.2) is 0 Å². The molecule has 0 bridgehead atoms. The number of anilines is 1. The van der Waals surface area contributed by atoms with Gasteiger partial charge in [0.15, 0.2) is 0 Å². The molecule has 0 radical (unpaired) electrons. The second kappa shape index (κ2) is 6.73. The fourth-order valence-electron chi connectivity index (χ4n) is 1.72. The van der Waals surface area contributed by atoms with E-state index < -0.39 is 0 Å². The van der Waals surface area contributed by atoms with Crippen LogP contribution < -0.4 is 15.2 Å². The van der Waals surface area contributed by atoms with E-state index in [0.29, 0.717) is 40.4 Å². The Bertz CT molecular complexity index is 582. The van der Waals surface area contributed by atoms with E-state index in [0.717, 1.165) is 5.56 Å². The molecule has 2 N–H and O–H groups in total. The lowest BCUT2D eigenvalue weighted by Crippen LogP contribution is -2.10. The van der Waals surface area contributed by atoms with Gasteiger partial charge in [0, 0.05) is 10.0 Å². The number of hydrogen-bond donors (Lipinski definition) is 1. The summed E-state index contributed by atoms with van der Waals surface area (Å²) < 4.78 is 11.1. The molecule has 0 atom stereocenters. The van der Waals surface area contributed by atoms with Gasteiger partial charge in [-0.15, -0.1) is 0 Å². The first kappa shape index (κ1) is 14.8. The summed E-state index contributed by atoms with van der Waals surface area (Å²) in [6, 6.07) is 10.7. The van der Waals surface area contributed by atoms with Crippen molar-refractivity contribution in [3.63, 3.8) is 0 Å². The topological polar surface area (TPSA) is 44.5 Å². The molecule has 0 aliphatic rings. The Hall–Kier alpha value is -1.58. The Morgan fingerprint density at radius 1 is 0.950 bits per heavy atom. The van der Waals surface area contributed by atoms with Gasteiger partial charge in [0.25, 0.3) is 0 Å². The lowest BCUT2D eigenvalue weighted by molar-refractivity contribution is 0.218. The maximum atomic E-state index is 5.88.